The number of hydrogen-bond acceptors (Lipinski definition) is 1. The minimum Gasteiger partial charge on any atom is -0.352 e. The van der Waals surface area contributed by atoms with E-state index in [4.69, 9.17) is 11.6 Å². The third-order valence-electron chi connectivity index (χ3n) is 3.59. The zero-order valence-corrected chi connectivity index (χ0v) is 11.8. The lowest BCUT2D eigenvalue weighted by atomic mass is 9.89. The van der Waals surface area contributed by atoms with Gasteiger partial charge in [-0.15, -0.1) is 0 Å². The number of amides is 1. The summed E-state index contributed by atoms with van der Waals surface area (Å²) in [5.74, 6) is 0.655. The Morgan fingerprint density at radius 2 is 1.89 bits per heavy atom. The SMILES string of the molecule is O=C(/C=C/c1ccc(Cl)cc1)NCC1CCCCC1. The molecule has 1 aliphatic rings. The molecule has 0 bridgehead atoms. The van der Waals surface area contributed by atoms with Crippen LogP contribution in [0.25, 0.3) is 6.08 Å². The summed E-state index contributed by atoms with van der Waals surface area (Å²) in [7, 11) is 0. The second-order valence-corrected chi connectivity index (χ2v) is 5.57. The molecule has 1 aromatic rings. The van der Waals surface area contributed by atoms with Crippen molar-refractivity contribution in [2.24, 2.45) is 5.92 Å². The predicted octanol–water partition coefficient (Wildman–Crippen LogP) is 4.05. The van der Waals surface area contributed by atoms with Crippen LogP contribution in [0.1, 0.15) is 37.7 Å². The van der Waals surface area contributed by atoms with Crippen molar-refractivity contribution >= 4 is 23.6 Å². The lowest BCUT2D eigenvalue weighted by Gasteiger charge is -2.21. The highest BCUT2D eigenvalue weighted by atomic mass is 35.5. The highest BCUT2D eigenvalue weighted by Crippen LogP contribution is 2.22. The number of nitrogens with one attached hydrogen (secondary N) is 1. The van der Waals surface area contributed by atoms with Gasteiger partial charge in [0.1, 0.15) is 0 Å². The number of hydrogen-bond donors (Lipinski definition) is 1. The molecule has 0 atom stereocenters. The van der Waals surface area contributed by atoms with E-state index in [2.05, 4.69) is 5.32 Å². The molecule has 2 rings (SSSR count). The van der Waals surface area contributed by atoms with Gasteiger partial charge in [0.2, 0.25) is 5.91 Å². The molecule has 0 aliphatic heterocycles. The molecule has 0 unspecified atom stereocenters. The van der Waals surface area contributed by atoms with E-state index >= 15 is 0 Å². The van der Waals surface area contributed by atoms with E-state index in [1.54, 1.807) is 6.08 Å². The molecule has 19 heavy (non-hydrogen) atoms. The molecule has 1 fully saturated rings. The average Bonchev–Trinajstić information content (AvgIpc) is 2.45. The van der Waals surface area contributed by atoms with Crippen LogP contribution in [0.15, 0.2) is 30.3 Å². The fourth-order valence-electron chi connectivity index (χ4n) is 2.44. The largest absolute Gasteiger partial charge is 0.352 e. The van der Waals surface area contributed by atoms with E-state index in [0.29, 0.717) is 10.9 Å². The van der Waals surface area contributed by atoms with Crippen molar-refractivity contribution in [2.75, 3.05) is 6.54 Å². The Morgan fingerprint density at radius 3 is 2.58 bits per heavy atom. The molecule has 0 saturated heterocycles. The summed E-state index contributed by atoms with van der Waals surface area (Å²) in [4.78, 5) is 11.7. The molecule has 0 radical (unpaired) electrons. The van der Waals surface area contributed by atoms with Crippen molar-refractivity contribution in [1.29, 1.82) is 0 Å². The first-order valence-corrected chi connectivity index (χ1v) is 7.33. The minimum absolute atomic E-state index is 0.0134. The third-order valence-corrected chi connectivity index (χ3v) is 3.84. The summed E-state index contributed by atoms with van der Waals surface area (Å²) >= 11 is 5.81. The van der Waals surface area contributed by atoms with E-state index in [1.165, 1.54) is 32.1 Å². The Bertz CT molecular complexity index is 433. The van der Waals surface area contributed by atoms with Crippen LogP contribution in [0, 0.1) is 5.92 Å². The van der Waals surface area contributed by atoms with Crippen molar-refractivity contribution in [3.63, 3.8) is 0 Å². The van der Waals surface area contributed by atoms with Crippen LogP contribution >= 0.6 is 11.6 Å². The van der Waals surface area contributed by atoms with Gasteiger partial charge in [0.05, 0.1) is 0 Å². The van der Waals surface area contributed by atoms with E-state index in [-0.39, 0.29) is 5.91 Å². The van der Waals surface area contributed by atoms with Crippen LogP contribution in [0.5, 0.6) is 0 Å². The summed E-state index contributed by atoms with van der Waals surface area (Å²) in [6.45, 7) is 0.809. The molecule has 1 N–H and O–H groups in total. The average molecular weight is 278 g/mol. The fourth-order valence-corrected chi connectivity index (χ4v) is 2.57. The van der Waals surface area contributed by atoms with E-state index in [0.717, 1.165) is 12.1 Å². The number of rotatable bonds is 4. The van der Waals surface area contributed by atoms with E-state index in [1.807, 2.05) is 30.3 Å². The first kappa shape index (κ1) is 14.1. The van der Waals surface area contributed by atoms with Crippen molar-refractivity contribution in [2.45, 2.75) is 32.1 Å². The van der Waals surface area contributed by atoms with Crippen molar-refractivity contribution in [1.82, 2.24) is 5.32 Å². The zero-order chi connectivity index (χ0) is 13.5. The molecule has 102 valence electrons. The molecule has 1 saturated carbocycles. The van der Waals surface area contributed by atoms with Gasteiger partial charge in [-0.3, -0.25) is 4.79 Å². The molecule has 2 nitrogen and oxygen atoms in total. The van der Waals surface area contributed by atoms with Crippen molar-refractivity contribution < 1.29 is 4.79 Å². The standard InChI is InChI=1S/C16H20ClNO/c17-15-9-6-13(7-10-15)8-11-16(19)18-12-14-4-2-1-3-5-14/h6-11,14H,1-5,12H2,(H,18,19)/b11-8+. The summed E-state index contributed by atoms with van der Waals surface area (Å²) in [5.41, 5.74) is 0.984. The van der Waals surface area contributed by atoms with Crippen LogP contribution in [0.4, 0.5) is 0 Å². The topological polar surface area (TPSA) is 29.1 Å². The van der Waals surface area contributed by atoms with Crippen molar-refractivity contribution in [3.05, 3.63) is 40.9 Å². The smallest absolute Gasteiger partial charge is 0.244 e. The lowest BCUT2D eigenvalue weighted by molar-refractivity contribution is -0.116. The van der Waals surface area contributed by atoms with Gasteiger partial charge in [-0.05, 0) is 42.5 Å². The molecular formula is C16H20ClNO. The van der Waals surface area contributed by atoms with Gasteiger partial charge in [0, 0.05) is 17.6 Å². The van der Waals surface area contributed by atoms with Crippen LogP contribution in [0.3, 0.4) is 0 Å². The van der Waals surface area contributed by atoms with E-state index in [9.17, 15) is 4.79 Å². The Kier molecular flexibility index (Phi) is 5.46. The molecule has 0 aromatic heterocycles. The Morgan fingerprint density at radius 1 is 1.21 bits per heavy atom. The van der Waals surface area contributed by atoms with E-state index < -0.39 is 0 Å². The highest BCUT2D eigenvalue weighted by molar-refractivity contribution is 6.30. The van der Waals surface area contributed by atoms with Crippen LogP contribution in [-0.2, 0) is 4.79 Å². The summed E-state index contributed by atoms with van der Waals surface area (Å²) in [5, 5.41) is 3.69. The maximum atomic E-state index is 11.7. The summed E-state index contributed by atoms with van der Waals surface area (Å²) in [6.07, 6.45) is 9.87. The molecule has 0 heterocycles. The number of halogens is 1. The third kappa shape index (κ3) is 5.07. The highest BCUT2D eigenvalue weighted by Gasteiger charge is 2.13. The minimum atomic E-state index is -0.0134. The monoisotopic (exact) mass is 277 g/mol. The molecular weight excluding hydrogens is 258 g/mol. The second kappa shape index (κ2) is 7.34. The van der Waals surface area contributed by atoms with Crippen molar-refractivity contribution in [3.8, 4) is 0 Å². The first-order chi connectivity index (χ1) is 9.24. The van der Waals surface area contributed by atoms with Crippen LogP contribution in [0.2, 0.25) is 5.02 Å². The molecule has 1 aliphatic carbocycles. The van der Waals surface area contributed by atoms with Gasteiger partial charge in [0.15, 0.2) is 0 Å². The normalized spacial score (nSPS) is 16.7. The zero-order valence-electron chi connectivity index (χ0n) is 11.1. The Balaban J connectivity index is 1.75. The Hall–Kier alpha value is -1.28. The van der Waals surface area contributed by atoms with Gasteiger partial charge in [-0.25, -0.2) is 0 Å². The van der Waals surface area contributed by atoms with Gasteiger partial charge < -0.3 is 5.32 Å². The molecule has 3 heteroatoms. The summed E-state index contributed by atoms with van der Waals surface area (Å²) < 4.78 is 0. The predicted molar refractivity (Wildman–Crippen MR) is 80.1 cm³/mol. The molecule has 0 spiro atoms. The quantitative estimate of drug-likeness (QED) is 0.827. The fraction of sp³-hybridized carbons (Fsp3) is 0.438. The van der Waals surface area contributed by atoms with Crippen LogP contribution in [-0.4, -0.2) is 12.5 Å². The van der Waals surface area contributed by atoms with Gasteiger partial charge in [-0.2, -0.15) is 0 Å². The molecule has 1 amide bonds. The summed E-state index contributed by atoms with van der Waals surface area (Å²) in [6, 6.07) is 7.43. The van der Waals surface area contributed by atoms with Gasteiger partial charge in [-0.1, -0.05) is 43.0 Å². The number of carbonyl (C=O) groups is 1. The lowest BCUT2D eigenvalue weighted by Crippen LogP contribution is -2.28. The number of carbonyl (C=O) groups excluding carboxylic acids is 1. The molecule has 1 aromatic carbocycles. The Labute approximate surface area is 119 Å². The first-order valence-electron chi connectivity index (χ1n) is 6.95. The maximum Gasteiger partial charge on any atom is 0.244 e. The number of benzene rings is 1. The van der Waals surface area contributed by atoms with Gasteiger partial charge in [0.25, 0.3) is 0 Å². The second-order valence-electron chi connectivity index (χ2n) is 5.13. The van der Waals surface area contributed by atoms with Gasteiger partial charge >= 0.3 is 0 Å². The van der Waals surface area contributed by atoms with Crippen LogP contribution < -0.4 is 5.32 Å². The maximum absolute atomic E-state index is 11.7.